The van der Waals surface area contributed by atoms with E-state index in [0.717, 1.165) is 25.9 Å². The Balaban J connectivity index is 3.22. The first-order valence-corrected chi connectivity index (χ1v) is 9.26. The van der Waals surface area contributed by atoms with Crippen molar-refractivity contribution >= 4 is 5.91 Å². The lowest BCUT2D eigenvalue weighted by Crippen LogP contribution is -2.29. The molecule has 0 aromatic heterocycles. The second kappa shape index (κ2) is 16.8. The molecule has 2 N–H and O–H groups in total. The lowest BCUT2D eigenvalue weighted by atomic mass is 10.1. The van der Waals surface area contributed by atoms with Crippen LogP contribution in [0.2, 0.25) is 0 Å². The molecule has 0 bridgehead atoms. The first kappa shape index (κ1) is 21.4. The zero-order chi connectivity index (χ0) is 16.5. The summed E-state index contributed by atoms with van der Waals surface area (Å²) < 4.78 is 0. The van der Waals surface area contributed by atoms with Gasteiger partial charge in [-0.2, -0.15) is 0 Å². The first-order valence-electron chi connectivity index (χ1n) is 9.26. The standard InChI is InChI=1S/C18H38N2O2/c1-3-4-5-6-7-8-9-10-11-13-18(22)19-14-12-15-20(2)16-17-21/h21H,3-17H2,1-2H3,(H,19,22). The molecular weight excluding hydrogens is 276 g/mol. The Morgan fingerprint density at radius 2 is 1.50 bits per heavy atom. The van der Waals surface area contributed by atoms with Crippen LogP contribution in [0, 0.1) is 0 Å². The average molecular weight is 315 g/mol. The van der Waals surface area contributed by atoms with E-state index >= 15 is 0 Å². The molecular formula is C18H38N2O2. The molecule has 4 nitrogen and oxygen atoms in total. The van der Waals surface area contributed by atoms with Crippen molar-refractivity contribution in [1.82, 2.24) is 10.2 Å². The van der Waals surface area contributed by atoms with Crippen LogP contribution in [0.4, 0.5) is 0 Å². The fraction of sp³-hybridized carbons (Fsp3) is 0.944. The van der Waals surface area contributed by atoms with Gasteiger partial charge >= 0.3 is 0 Å². The summed E-state index contributed by atoms with van der Waals surface area (Å²) in [6.07, 6.45) is 13.2. The summed E-state index contributed by atoms with van der Waals surface area (Å²) in [5.41, 5.74) is 0. The van der Waals surface area contributed by atoms with Gasteiger partial charge in [0.05, 0.1) is 6.61 Å². The third-order valence-corrected chi connectivity index (χ3v) is 4.03. The van der Waals surface area contributed by atoms with E-state index in [2.05, 4.69) is 17.1 Å². The average Bonchev–Trinajstić information content (AvgIpc) is 2.50. The Morgan fingerprint density at radius 1 is 0.909 bits per heavy atom. The van der Waals surface area contributed by atoms with Crippen molar-refractivity contribution in [3.63, 3.8) is 0 Å². The summed E-state index contributed by atoms with van der Waals surface area (Å²) in [6, 6.07) is 0. The number of unbranched alkanes of at least 4 members (excludes halogenated alkanes) is 8. The van der Waals surface area contributed by atoms with Crippen molar-refractivity contribution in [2.45, 2.75) is 77.6 Å². The highest BCUT2D eigenvalue weighted by atomic mass is 16.3. The van der Waals surface area contributed by atoms with Crippen LogP contribution in [0.1, 0.15) is 77.6 Å². The predicted molar refractivity (Wildman–Crippen MR) is 94.1 cm³/mol. The molecule has 0 aliphatic heterocycles. The maximum atomic E-state index is 11.7. The number of nitrogens with one attached hydrogen (secondary N) is 1. The third kappa shape index (κ3) is 15.8. The molecule has 0 aliphatic rings. The molecule has 0 fully saturated rings. The smallest absolute Gasteiger partial charge is 0.219 e. The van der Waals surface area contributed by atoms with Crippen LogP contribution in [0.25, 0.3) is 0 Å². The minimum atomic E-state index is 0.188. The quantitative estimate of drug-likeness (QED) is 0.430. The lowest BCUT2D eigenvalue weighted by molar-refractivity contribution is -0.121. The second-order valence-electron chi connectivity index (χ2n) is 6.31. The number of carbonyl (C=O) groups excluding carboxylic acids is 1. The van der Waals surface area contributed by atoms with Gasteiger partial charge in [-0.25, -0.2) is 0 Å². The fourth-order valence-corrected chi connectivity index (χ4v) is 2.54. The van der Waals surface area contributed by atoms with Gasteiger partial charge in [0.15, 0.2) is 0 Å². The van der Waals surface area contributed by atoms with E-state index in [1.54, 1.807) is 0 Å². The first-order chi connectivity index (χ1) is 10.7. The summed E-state index contributed by atoms with van der Waals surface area (Å²) in [7, 11) is 1.99. The number of aliphatic hydroxyl groups excluding tert-OH is 1. The zero-order valence-electron chi connectivity index (χ0n) is 14.9. The monoisotopic (exact) mass is 314 g/mol. The number of likely N-dealkylation sites (N-methyl/N-ethyl adjacent to an activating group) is 1. The number of rotatable bonds is 16. The maximum Gasteiger partial charge on any atom is 0.219 e. The normalized spacial score (nSPS) is 11.1. The summed E-state index contributed by atoms with van der Waals surface area (Å²) in [6.45, 7) is 4.80. The highest BCUT2D eigenvalue weighted by Crippen LogP contribution is 2.10. The summed E-state index contributed by atoms with van der Waals surface area (Å²) >= 11 is 0. The van der Waals surface area contributed by atoms with E-state index in [4.69, 9.17) is 5.11 Å². The van der Waals surface area contributed by atoms with Gasteiger partial charge in [0, 0.05) is 19.5 Å². The molecule has 0 aliphatic carbocycles. The Bertz CT molecular complexity index is 247. The van der Waals surface area contributed by atoms with Gasteiger partial charge in [-0.15, -0.1) is 0 Å². The van der Waals surface area contributed by atoms with Crippen LogP contribution in [-0.4, -0.2) is 49.2 Å². The Hall–Kier alpha value is -0.610. The van der Waals surface area contributed by atoms with E-state index in [1.165, 1.54) is 51.4 Å². The van der Waals surface area contributed by atoms with Crippen LogP contribution in [0.5, 0.6) is 0 Å². The van der Waals surface area contributed by atoms with Crippen molar-refractivity contribution < 1.29 is 9.90 Å². The molecule has 1 amide bonds. The Morgan fingerprint density at radius 3 is 2.09 bits per heavy atom. The van der Waals surface area contributed by atoms with Gasteiger partial charge in [-0.05, 0) is 26.4 Å². The van der Waals surface area contributed by atoms with Gasteiger partial charge < -0.3 is 15.3 Å². The van der Waals surface area contributed by atoms with Crippen LogP contribution >= 0.6 is 0 Å². The second-order valence-corrected chi connectivity index (χ2v) is 6.31. The van der Waals surface area contributed by atoms with Crippen LogP contribution in [0.3, 0.4) is 0 Å². The minimum absolute atomic E-state index is 0.188. The summed E-state index contributed by atoms with van der Waals surface area (Å²) in [5, 5.41) is 11.8. The van der Waals surface area contributed by atoms with Crippen molar-refractivity contribution in [2.75, 3.05) is 33.3 Å². The van der Waals surface area contributed by atoms with E-state index in [-0.39, 0.29) is 12.5 Å². The number of hydrogen-bond donors (Lipinski definition) is 2. The molecule has 4 heteroatoms. The van der Waals surface area contributed by atoms with Crippen molar-refractivity contribution in [3.05, 3.63) is 0 Å². The largest absolute Gasteiger partial charge is 0.395 e. The molecule has 22 heavy (non-hydrogen) atoms. The third-order valence-electron chi connectivity index (χ3n) is 4.03. The van der Waals surface area contributed by atoms with Gasteiger partial charge in [-0.1, -0.05) is 58.3 Å². The van der Waals surface area contributed by atoms with Gasteiger partial charge in [-0.3, -0.25) is 4.79 Å². The zero-order valence-corrected chi connectivity index (χ0v) is 14.9. The van der Waals surface area contributed by atoms with Crippen LogP contribution in [-0.2, 0) is 4.79 Å². The SMILES string of the molecule is CCCCCCCCCCCC(=O)NCCCN(C)CCO. The molecule has 0 atom stereocenters. The highest BCUT2D eigenvalue weighted by molar-refractivity contribution is 5.75. The Kier molecular flexibility index (Phi) is 16.3. The molecule has 0 saturated heterocycles. The van der Waals surface area contributed by atoms with Crippen molar-refractivity contribution in [2.24, 2.45) is 0 Å². The number of amides is 1. The van der Waals surface area contributed by atoms with E-state index in [1.807, 2.05) is 7.05 Å². The lowest BCUT2D eigenvalue weighted by Gasteiger charge is -2.14. The fourth-order valence-electron chi connectivity index (χ4n) is 2.54. The molecule has 0 unspecified atom stereocenters. The Labute approximate surface area is 137 Å². The minimum Gasteiger partial charge on any atom is -0.395 e. The molecule has 0 spiro atoms. The highest BCUT2D eigenvalue weighted by Gasteiger charge is 2.01. The topological polar surface area (TPSA) is 52.6 Å². The van der Waals surface area contributed by atoms with Crippen LogP contribution < -0.4 is 5.32 Å². The maximum absolute atomic E-state index is 11.7. The number of carbonyl (C=O) groups is 1. The van der Waals surface area contributed by atoms with Gasteiger partial charge in [0.2, 0.25) is 5.91 Å². The molecule has 0 heterocycles. The molecule has 0 rings (SSSR count). The van der Waals surface area contributed by atoms with Gasteiger partial charge in [0.1, 0.15) is 0 Å². The van der Waals surface area contributed by atoms with E-state index in [9.17, 15) is 4.79 Å². The molecule has 0 aromatic rings. The summed E-state index contributed by atoms with van der Waals surface area (Å²) in [5.74, 6) is 0.188. The van der Waals surface area contributed by atoms with Crippen molar-refractivity contribution in [1.29, 1.82) is 0 Å². The number of hydrogen-bond acceptors (Lipinski definition) is 3. The van der Waals surface area contributed by atoms with Crippen LogP contribution in [0.15, 0.2) is 0 Å². The number of nitrogens with zero attached hydrogens (tertiary/aromatic N) is 1. The molecule has 0 radical (unpaired) electrons. The predicted octanol–water partition coefficient (Wildman–Crippen LogP) is 3.34. The summed E-state index contributed by atoms with van der Waals surface area (Å²) in [4.78, 5) is 13.7. The molecule has 0 saturated carbocycles. The van der Waals surface area contributed by atoms with E-state index in [0.29, 0.717) is 13.0 Å². The van der Waals surface area contributed by atoms with Gasteiger partial charge in [0.25, 0.3) is 0 Å². The number of aliphatic hydroxyl groups is 1. The molecule has 132 valence electrons. The van der Waals surface area contributed by atoms with Crippen molar-refractivity contribution in [3.8, 4) is 0 Å². The van der Waals surface area contributed by atoms with E-state index < -0.39 is 0 Å². The molecule has 0 aromatic carbocycles.